The standard InChI is InChI=1S/C24H25N3O3/c1-16-8-9-17(14-21(16)29-3)23(28)27-12-10-24(11-13-27)19-15-25-26(2)22(19)18-6-4-5-7-20(18)30-24/h4-9,14-15H,10-13H2,1-3H3. The van der Waals surface area contributed by atoms with Gasteiger partial charge in [0, 0.05) is 49.7 Å². The van der Waals surface area contributed by atoms with Crippen LogP contribution in [-0.2, 0) is 12.6 Å². The molecule has 3 heterocycles. The Morgan fingerprint density at radius 2 is 1.93 bits per heavy atom. The van der Waals surface area contributed by atoms with Gasteiger partial charge in [-0.15, -0.1) is 0 Å². The number of benzene rings is 2. The van der Waals surface area contributed by atoms with Gasteiger partial charge in [0.1, 0.15) is 17.1 Å². The molecule has 1 aromatic heterocycles. The van der Waals surface area contributed by atoms with Crippen molar-refractivity contribution in [2.24, 2.45) is 7.05 Å². The largest absolute Gasteiger partial charge is 0.496 e. The summed E-state index contributed by atoms with van der Waals surface area (Å²) in [6.45, 7) is 3.23. The zero-order valence-corrected chi connectivity index (χ0v) is 17.5. The van der Waals surface area contributed by atoms with E-state index < -0.39 is 5.60 Å². The molecule has 2 aliphatic rings. The Labute approximate surface area is 176 Å². The average molecular weight is 403 g/mol. The fourth-order valence-corrected chi connectivity index (χ4v) is 4.69. The molecule has 0 unspecified atom stereocenters. The number of aryl methyl sites for hydroxylation is 2. The van der Waals surface area contributed by atoms with E-state index in [1.54, 1.807) is 7.11 Å². The fourth-order valence-electron chi connectivity index (χ4n) is 4.69. The lowest BCUT2D eigenvalue weighted by molar-refractivity contribution is -0.00173. The fraction of sp³-hybridized carbons (Fsp3) is 0.333. The number of likely N-dealkylation sites (tertiary alicyclic amines) is 1. The van der Waals surface area contributed by atoms with Gasteiger partial charge in [0.2, 0.25) is 0 Å². The maximum Gasteiger partial charge on any atom is 0.253 e. The van der Waals surface area contributed by atoms with E-state index in [-0.39, 0.29) is 5.91 Å². The average Bonchev–Trinajstić information content (AvgIpc) is 3.17. The van der Waals surface area contributed by atoms with Gasteiger partial charge in [-0.3, -0.25) is 9.48 Å². The highest BCUT2D eigenvalue weighted by atomic mass is 16.5. The van der Waals surface area contributed by atoms with Gasteiger partial charge >= 0.3 is 0 Å². The van der Waals surface area contributed by atoms with E-state index >= 15 is 0 Å². The number of fused-ring (bicyclic) bond motifs is 4. The molecule has 1 amide bonds. The van der Waals surface area contributed by atoms with Crippen LogP contribution in [0.25, 0.3) is 11.3 Å². The Morgan fingerprint density at radius 1 is 1.17 bits per heavy atom. The van der Waals surface area contributed by atoms with Gasteiger partial charge in [0.05, 0.1) is 19.0 Å². The quantitative estimate of drug-likeness (QED) is 0.651. The van der Waals surface area contributed by atoms with E-state index in [0.29, 0.717) is 18.7 Å². The highest BCUT2D eigenvalue weighted by molar-refractivity contribution is 5.95. The lowest BCUT2D eigenvalue weighted by atomic mass is 9.81. The van der Waals surface area contributed by atoms with Gasteiger partial charge in [-0.25, -0.2) is 0 Å². The molecule has 6 heteroatoms. The van der Waals surface area contributed by atoms with Gasteiger partial charge in [-0.1, -0.05) is 18.2 Å². The molecule has 30 heavy (non-hydrogen) atoms. The lowest BCUT2D eigenvalue weighted by Gasteiger charge is -2.44. The normalized spacial score (nSPS) is 16.6. The minimum Gasteiger partial charge on any atom is -0.496 e. The maximum absolute atomic E-state index is 13.1. The van der Waals surface area contributed by atoms with Crippen molar-refractivity contribution in [2.45, 2.75) is 25.4 Å². The molecule has 0 atom stereocenters. The van der Waals surface area contributed by atoms with Gasteiger partial charge in [0.15, 0.2) is 0 Å². The summed E-state index contributed by atoms with van der Waals surface area (Å²) in [6, 6.07) is 13.7. The van der Waals surface area contributed by atoms with E-state index in [1.807, 2.05) is 66.1 Å². The van der Waals surface area contributed by atoms with Crippen molar-refractivity contribution in [3.8, 4) is 22.8 Å². The summed E-state index contributed by atoms with van der Waals surface area (Å²) in [5.41, 5.74) is 4.53. The Bertz CT molecular complexity index is 1130. The minimum absolute atomic E-state index is 0.0331. The van der Waals surface area contributed by atoms with Gasteiger partial charge in [-0.05, 0) is 36.8 Å². The second-order valence-electron chi connectivity index (χ2n) is 8.10. The predicted octanol–water partition coefficient (Wildman–Crippen LogP) is 3.93. The van der Waals surface area contributed by atoms with E-state index in [9.17, 15) is 4.79 Å². The number of rotatable bonds is 2. The summed E-state index contributed by atoms with van der Waals surface area (Å²) in [7, 11) is 3.60. The predicted molar refractivity (Wildman–Crippen MR) is 114 cm³/mol. The molecule has 0 aliphatic carbocycles. The van der Waals surface area contributed by atoms with Crippen molar-refractivity contribution in [3.05, 3.63) is 65.4 Å². The number of piperidine rings is 1. The lowest BCUT2D eigenvalue weighted by Crippen LogP contribution is -2.49. The third-order valence-corrected chi connectivity index (χ3v) is 6.39. The molecule has 0 saturated carbocycles. The number of aromatic nitrogens is 2. The van der Waals surface area contributed by atoms with E-state index in [2.05, 4.69) is 11.2 Å². The first-order valence-corrected chi connectivity index (χ1v) is 10.3. The topological polar surface area (TPSA) is 56.6 Å². The number of amides is 1. The number of hydrogen-bond acceptors (Lipinski definition) is 4. The number of para-hydroxylation sites is 1. The maximum atomic E-state index is 13.1. The molecule has 1 saturated heterocycles. The van der Waals surface area contributed by atoms with Crippen molar-refractivity contribution < 1.29 is 14.3 Å². The number of ether oxygens (including phenoxy) is 2. The van der Waals surface area contributed by atoms with Crippen molar-refractivity contribution in [1.29, 1.82) is 0 Å². The summed E-state index contributed by atoms with van der Waals surface area (Å²) >= 11 is 0. The summed E-state index contributed by atoms with van der Waals surface area (Å²) in [5.74, 6) is 1.66. The zero-order chi connectivity index (χ0) is 20.9. The Kier molecular flexibility index (Phi) is 4.31. The van der Waals surface area contributed by atoms with E-state index in [0.717, 1.165) is 46.7 Å². The summed E-state index contributed by atoms with van der Waals surface area (Å²) in [5, 5.41) is 4.52. The van der Waals surface area contributed by atoms with Crippen LogP contribution in [0.5, 0.6) is 11.5 Å². The first-order valence-electron chi connectivity index (χ1n) is 10.3. The van der Waals surface area contributed by atoms with Crippen molar-refractivity contribution in [1.82, 2.24) is 14.7 Å². The van der Waals surface area contributed by atoms with Gasteiger partial charge in [-0.2, -0.15) is 5.10 Å². The molecule has 0 bridgehead atoms. The minimum atomic E-state index is -0.445. The molecule has 0 N–H and O–H groups in total. The molecular formula is C24H25N3O3. The molecule has 6 nitrogen and oxygen atoms in total. The highest BCUT2D eigenvalue weighted by Gasteiger charge is 2.45. The van der Waals surface area contributed by atoms with Crippen molar-refractivity contribution >= 4 is 5.91 Å². The summed E-state index contributed by atoms with van der Waals surface area (Å²) in [4.78, 5) is 15.0. The number of nitrogens with zero attached hydrogens (tertiary/aromatic N) is 3. The Morgan fingerprint density at radius 3 is 2.70 bits per heavy atom. The highest BCUT2D eigenvalue weighted by Crippen LogP contribution is 2.49. The third kappa shape index (κ3) is 2.78. The molecule has 154 valence electrons. The van der Waals surface area contributed by atoms with Crippen LogP contribution in [0.2, 0.25) is 0 Å². The Balaban J connectivity index is 1.41. The number of carbonyl (C=O) groups is 1. The SMILES string of the molecule is COc1cc(C(=O)N2CCC3(CC2)Oc2ccccc2-c2c3cnn2C)ccc1C. The van der Waals surface area contributed by atoms with Crippen LogP contribution in [0.15, 0.2) is 48.7 Å². The van der Waals surface area contributed by atoms with Gasteiger partial charge in [0.25, 0.3) is 5.91 Å². The molecule has 3 aromatic rings. The van der Waals surface area contributed by atoms with Crippen LogP contribution < -0.4 is 9.47 Å². The smallest absolute Gasteiger partial charge is 0.253 e. The third-order valence-electron chi connectivity index (χ3n) is 6.39. The molecule has 2 aliphatic heterocycles. The first kappa shape index (κ1) is 18.7. The van der Waals surface area contributed by atoms with Gasteiger partial charge < -0.3 is 14.4 Å². The second-order valence-corrected chi connectivity index (χ2v) is 8.10. The number of carbonyl (C=O) groups excluding carboxylic acids is 1. The molecule has 1 spiro atoms. The molecule has 1 fully saturated rings. The van der Waals surface area contributed by atoms with E-state index in [1.165, 1.54) is 0 Å². The van der Waals surface area contributed by atoms with Crippen LogP contribution in [0.1, 0.15) is 34.3 Å². The van der Waals surface area contributed by atoms with Crippen LogP contribution >= 0.6 is 0 Å². The number of hydrogen-bond donors (Lipinski definition) is 0. The molecule has 5 rings (SSSR count). The van der Waals surface area contributed by atoms with Crippen LogP contribution in [-0.4, -0.2) is 40.8 Å². The summed E-state index contributed by atoms with van der Waals surface area (Å²) < 4.78 is 13.9. The van der Waals surface area contributed by atoms with Crippen molar-refractivity contribution in [2.75, 3.05) is 20.2 Å². The van der Waals surface area contributed by atoms with E-state index in [4.69, 9.17) is 9.47 Å². The Hall–Kier alpha value is -3.28. The van der Waals surface area contributed by atoms with Crippen LogP contribution in [0, 0.1) is 6.92 Å². The van der Waals surface area contributed by atoms with Crippen molar-refractivity contribution in [3.63, 3.8) is 0 Å². The molecule has 2 aromatic carbocycles. The molecule has 0 radical (unpaired) electrons. The zero-order valence-electron chi connectivity index (χ0n) is 17.5. The number of methoxy groups -OCH3 is 1. The van der Waals surface area contributed by atoms with Crippen LogP contribution in [0.4, 0.5) is 0 Å². The van der Waals surface area contributed by atoms with Crippen LogP contribution in [0.3, 0.4) is 0 Å². The monoisotopic (exact) mass is 403 g/mol. The molecular weight excluding hydrogens is 378 g/mol. The first-order chi connectivity index (χ1) is 14.5. The second kappa shape index (κ2) is 6.90. The summed E-state index contributed by atoms with van der Waals surface area (Å²) in [6.07, 6.45) is 3.39.